The number of hydrogen-bond acceptors (Lipinski definition) is 3. The second-order valence-corrected chi connectivity index (χ2v) is 6.77. The lowest BCUT2D eigenvalue weighted by Crippen LogP contribution is -2.38. The average Bonchev–Trinajstić information content (AvgIpc) is 2.77. The van der Waals surface area contributed by atoms with Crippen molar-refractivity contribution < 1.29 is 0 Å². The van der Waals surface area contributed by atoms with Gasteiger partial charge in [0.05, 0.1) is 0 Å². The summed E-state index contributed by atoms with van der Waals surface area (Å²) in [6, 6.07) is 4.31. The first-order chi connectivity index (χ1) is 8.40. The van der Waals surface area contributed by atoms with E-state index in [2.05, 4.69) is 62.0 Å². The number of nitrogens with zero attached hydrogens (tertiary/aromatic N) is 1. The third-order valence-corrected chi connectivity index (χ3v) is 3.58. The van der Waals surface area contributed by atoms with Gasteiger partial charge in [0.25, 0.3) is 0 Å². The number of likely N-dealkylation sites (N-methyl/N-ethyl adjacent to an activating group) is 1. The number of nitrogens with one attached hydrogen (secondary N) is 1. The van der Waals surface area contributed by atoms with Gasteiger partial charge >= 0.3 is 0 Å². The smallest absolute Gasteiger partial charge is 0.0331 e. The summed E-state index contributed by atoms with van der Waals surface area (Å²) in [6.45, 7) is 16.9. The van der Waals surface area contributed by atoms with E-state index in [1.54, 1.807) is 0 Å². The molecule has 1 heterocycles. The molecule has 1 N–H and O–H groups in total. The standard InChI is InChI=1S/C15H26N2S/c1-6-17(12-14-8-7-9-18-14)11-13(2)10-16-15(3,4)5/h7-9,16H,2,6,10-12H2,1,3-5H3. The molecule has 0 saturated heterocycles. The summed E-state index contributed by atoms with van der Waals surface area (Å²) >= 11 is 1.82. The third kappa shape index (κ3) is 6.34. The van der Waals surface area contributed by atoms with Crippen LogP contribution in [0.1, 0.15) is 32.6 Å². The monoisotopic (exact) mass is 266 g/mol. The average molecular weight is 266 g/mol. The van der Waals surface area contributed by atoms with Gasteiger partial charge in [-0.2, -0.15) is 0 Å². The molecule has 1 aromatic heterocycles. The van der Waals surface area contributed by atoms with Gasteiger partial charge in [-0.3, -0.25) is 4.90 Å². The van der Waals surface area contributed by atoms with Crippen molar-refractivity contribution in [3.8, 4) is 0 Å². The van der Waals surface area contributed by atoms with E-state index < -0.39 is 0 Å². The van der Waals surface area contributed by atoms with Crippen LogP contribution in [-0.2, 0) is 6.54 Å². The van der Waals surface area contributed by atoms with Crippen LogP contribution in [-0.4, -0.2) is 30.1 Å². The molecular formula is C15H26N2S. The fourth-order valence-corrected chi connectivity index (χ4v) is 2.41. The van der Waals surface area contributed by atoms with Crippen LogP contribution in [0.2, 0.25) is 0 Å². The quantitative estimate of drug-likeness (QED) is 0.760. The molecule has 1 rings (SSSR count). The van der Waals surface area contributed by atoms with Gasteiger partial charge in [0.1, 0.15) is 0 Å². The summed E-state index contributed by atoms with van der Waals surface area (Å²) in [4.78, 5) is 3.85. The lowest BCUT2D eigenvalue weighted by molar-refractivity contribution is 0.302. The number of thiophene rings is 1. The van der Waals surface area contributed by atoms with E-state index in [0.717, 1.165) is 26.2 Å². The third-order valence-electron chi connectivity index (χ3n) is 2.72. The Morgan fingerprint density at radius 3 is 2.67 bits per heavy atom. The molecule has 0 amide bonds. The molecule has 0 unspecified atom stereocenters. The molecule has 3 heteroatoms. The van der Waals surface area contributed by atoms with Crippen LogP contribution >= 0.6 is 11.3 Å². The first kappa shape index (κ1) is 15.4. The van der Waals surface area contributed by atoms with Crippen molar-refractivity contribution in [2.45, 2.75) is 39.8 Å². The van der Waals surface area contributed by atoms with Crippen molar-refractivity contribution in [3.05, 3.63) is 34.5 Å². The van der Waals surface area contributed by atoms with E-state index in [9.17, 15) is 0 Å². The van der Waals surface area contributed by atoms with E-state index in [1.165, 1.54) is 10.5 Å². The molecule has 0 bridgehead atoms. The molecule has 0 saturated carbocycles. The number of hydrogen-bond donors (Lipinski definition) is 1. The minimum Gasteiger partial charge on any atom is -0.308 e. The first-order valence-electron chi connectivity index (χ1n) is 6.57. The minimum absolute atomic E-state index is 0.160. The topological polar surface area (TPSA) is 15.3 Å². The molecule has 0 aliphatic rings. The molecular weight excluding hydrogens is 240 g/mol. The van der Waals surface area contributed by atoms with Gasteiger partial charge in [0, 0.05) is 30.1 Å². The Bertz CT molecular complexity index is 349. The van der Waals surface area contributed by atoms with Gasteiger partial charge in [-0.05, 0) is 44.3 Å². The SMILES string of the molecule is C=C(CNC(C)(C)C)CN(CC)Cc1cccs1. The molecule has 0 atom stereocenters. The maximum Gasteiger partial charge on any atom is 0.0331 e. The number of rotatable bonds is 7. The Morgan fingerprint density at radius 2 is 2.17 bits per heavy atom. The van der Waals surface area contributed by atoms with Crippen LogP contribution in [0.4, 0.5) is 0 Å². The van der Waals surface area contributed by atoms with Gasteiger partial charge in [-0.25, -0.2) is 0 Å². The zero-order chi connectivity index (χ0) is 13.6. The molecule has 0 aromatic carbocycles. The molecule has 0 aliphatic heterocycles. The highest BCUT2D eigenvalue weighted by Gasteiger charge is 2.11. The van der Waals surface area contributed by atoms with E-state index >= 15 is 0 Å². The Hall–Kier alpha value is -0.640. The van der Waals surface area contributed by atoms with Crippen LogP contribution in [0.15, 0.2) is 29.7 Å². The van der Waals surface area contributed by atoms with Crippen molar-refractivity contribution in [1.29, 1.82) is 0 Å². The second kappa shape index (κ2) is 7.07. The second-order valence-electron chi connectivity index (χ2n) is 5.74. The summed E-state index contributed by atoms with van der Waals surface area (Å²) in [7, 11) is 0. The molecule has 102 valence electrons. The van der Waals surface area contributed by atoms with Gasteiger partial charge in [-0.15, -0.1) is 11.3 Å². The van der Waals surface area contributed by atoms with E-state index in [0.29, 0.717) is 0 Å². The van der Waals surface area contributed by atoms with Crippen LogP contribution in [0, 0.1) is 0 Å². The Kier molecular flexibility index (Phi) is 6.06. The largest absolute Gasteiger partial charge is 0.308 e. The van der Waals surface area contributed by atoms with Crippen LogP contribution in [0.3, 0.4) is 0 Å². The van der Waals surface area contributed by atoms with E-state index in [1.807, 2.05) is 11.3 Å². The fourth-order valence-electron chi connectivity index (χ4n) is 1.66. The summed E-state index contributed by atoms with van der Waals surface area (Å²) in [5, 5.41) is 5.62. The predicted octanol–water partition coefficient (Wildman–Crippen LogP) is 3.51. The Morgan fingerprint density at radius 1 is 1.44 bits per heavy atom. The highest BCUT2D eigenvalue weighted by atomic mass is 32.1. The summed E-state index contributed by atoms with van der Waals surface area (Å²) in [5.41, 5.74) is 1.41. The molecule has 0 fully saturated rings. The normalized spacial score (nSPS) is 12.1. The Balaban J connectivity index is 2.36. The van der Waals surface area contributed by atoms with Crippen molar-refractivity contribution in [1.82, 2.24) is 10.2 Å². The van der Waals surface area contributed by atoms with Gasteiger partial charge in [0.15, 0.2) is 0 Å². The molecule has 1 aromatic rings. The van der Waals surface area contributed by atoms with Crippen molar-refractivity contribution >= 4 is 11.3 Å². The highest BCUT2D eigenvalue weighted by Crippen LogP contribution is 2.12. The fraction of sp³-hybridized carbons (Fsp3) is 0.600. The van der Waals surface area contributed by atoms with Crippen molar-refractivity contribution in [2.75, 3.05) is 19.6 Å². The predicted molar refractivity (Wildman–Crippen MR) is 82.2 cm³/mol. The van der Waals surface area contributed by atoms with Crippen LogP contribution in [0.25, 0.3) is 0 Å². The summed E-state index contributed by atoms with van der Waals surface area (Å²) < 4.78 is 0. The lowest BCUT2D eigenvalue weighted by Gasteiger charge is -2.25. The molecule has 2 nitrogen and oxygen atoms in total. The van der Waals surface area contributed by atoms with Crippen LogP contribution in [0.5, 0.6) is 0 Å². The molecule has 18 heavy (non-hydrogen) atoms. The maximum absolute atomic E-state index is 4.17. The summed E-state index contributed by atoms with van der Waals surface area (Å²) in [6.07, 6.45) is 0. The van der Waals surface area contributed by atoms with Gasteiger partial charge in [0.2, 0.25) is 0 Å². The van der Waals surface area contributed by atoms with Gasteiger partial charge < -0.3 is 5.32 Å². The highest BCUT2D eigenvalue weighted by molar-refractivity contribution is 7.09. The first-order valence-corrected chi connectivity index (χ1v) is 7.45. The van der Waals surface area contributed by atoms with E-state index in [4.69, 9.17) is 0 Å². The minimum atomic E-state index is 0.160. The Labute approximate surface area is 116 Å². The lowest BCUT2D eigenvalue weighted by atomic mass is 10.1. The maximum atomic E-state index is 4.17. The van der Waals surface area contributed by atoms with Gasteiger partial charge in [-0.1, -0.05) is 19.6 Å². The molecule has 0 spiro atoms. The van der Waals surface area contributed by atoms with E-state index in [-0.39, 0.29) is 5.54 Å². The van der Waals surface area contributed by atoms with Crippen molar-refractivity contribution in [2.24, 2.45) is 0 Å². The molecule has 0 aliphatic carbocycles. The van der Waals surface area contributed by atoms with Crippen LogP contribution < -0.4 is 5.32 Å². The molecule has 0 radical (unpaired) electrons. The van der Waals surface area contributed by atoms with Crippen molar-refractivity contribution in [3.63, 3.8) is 0 Å². The zero-order valence-corrected chi connectivity index (χ0v) is 12.9. The zero-order valence-electron chi connectivity index (χ0n) is 12.1. The summed E-state index contributed by atoms with van der Waals surface area (Å²) in [5.74, 6) is 0.